The highest BCUT2D eigenvalue weighted by molar-refractivity contribution is 5.89. The third-order valence-electron chi connectivity index (χ3n) is 8.89. The molecular weight excluding hydrogens is 560 g/mol. The maximum absolute atomic E-state index is 13.3. The monoisotopic (exact) mass is 624 g/mol. The van der Waals surface area contributed by atoms with Gasteiger partial charge in [-0.05, 0) is 50.9 Å². The zero-order valence-corrected chi connectivity index (χ0v) is 29.0. The Bertz CT molecular complexity index is 844. The second-order valence-electron chi connectivity index (χ2n) is 12.5. The summed E-state index contributed by atoms with van der Waals surface area (Å²) in [6.45, 7) is 13.7. The van der Waals surface area contributed by atoms with Crippen molar-refractivity contribution in [2.24, 2.45) is 17.8 Å². The van der Waals surface area contributed by atoms with Crippen LogP contribution in [0.1, 0.15) is 126 Å². The predicted octanol–water partition coefficient (Wildman–Crippen LogP) is 4.94. The molecule has 10 nitrogen and oxygen atoms in total. The van der Waals surface area contributed by atoms with E-state index >= 15 is 0 Å². The van der Waals surface area contributed by atoms with Gasteiger partial charge in [0.2, 0.25) is 23.6 Å². The van der Waals surface area contributed by atoms with Gasteiger partial charge in [-0.1, -0.05) is 72.6 Å². The molecule has 4 amide bonds. The number of hydrogen-bond acceptors (Lipinski definition) is 6. The van der Waals surface area contributed by atoms with Gasteiger partial charge in [0, 0.05) is 40.0 Å². The predicted molar refractivity (Wildman–Crippen MR) is 175 cm³/mol. The molecule has 2 fully saturated rings. The van der Waals surface area contributed by atoms with Crippen molar-refractivity contribution in [3.8, 4) is 0 Å². The van der Waals surface area contributed by atoms with Crippen LogP contribution in [0.4, 0.5) is 0 Å². The molecule has 2 aliphatic rings. The van der Waals surface area contributed by atoms with E-state index in [0.29, 0.717) is 25.5 Å². The van der Waals surface area contributed by atoms with Gasteiger partial charge in [-0.3, -0.25) is 19.2 Å². The van der Waals surface area contributed by atoms with Gasteiger partial charge in [0.05, 0.1) is 18.8 Å². The van der Waals surface area contributed by atoms with Crippen molar-refractivity contribution in [2.45, 2.75) is 150 Å². The first-order valence-corrected chi connectivity index (χ1v) is 17.4. The summed E-state index contributed by atoms with van der Waals surface area (Å²) in [7, 11) is 1.51. The number of rotatable bonds is 17. The quantitative estimate of drug-likeness (QED) is 0.197. The highest BCUT2D eigenvalue weighted by atomic mass is 16.5. The lowest BCUT2D eigenvalue weighted by molar-refractivity contribution is -0.159. The molecule has 44 heavy (non-hydrogen) atoms. The first kappa shape index (κ1) is 39.8. The molecule has 2 saturated carbocycles. The molecule has 10 heteroatoms. The van der Waals surface area contributed by atoms with Gasteiger partial charge in [-0.15, -0.1) is 0 Å². The number of amides is 4. The topological polar surface area (TPSA) is 126 Å². The zero-order valence-electron chi connectivity index (χ0n) is 29.0. The molecule has 2 rings (SSSR count). The van der Waals surface area contributed by atoms with E-state index in [0.717, 1.165) is 44.9 Å². The number of carbonyl (C=O) groups is 4. The lowest BCUT2D eigenvalue weighted by Crippen LogP contribution is -2.62. The maximum Gasteiger partial charge on any atom is 0.247 e. The molecule has 0 aromatic carbocycles. The van der Waals surface area contributed by atoms with Gasteiger partial charge >= 0.3 is 0 Å². The number of ether oxygens (including phenoxy) is 2. The molecule has 0 heterocycles. The Labute approximate surface area is 267 Å². The van der Waals surface area contributed by atoms with Crippen LogP contribution in [0, 0.1) is 17.8 Å². The summed E-state index contributed by atoms with van der Waals surface area (Å²) in [6, 6.07) is -1.62. The van der Waals surface area contributed by atoms with Gasteiger partial charge in [0.15, 0.2) is 12.3 Å². The molecular formula is C34H64N4O6. The van der Waals surface area contributed by atoms with E-state index in [2.05, 4.69) is 16.0 Å². The van der Waals surface area contributed by atoms with E-state index in [4.69, 9.17) is 9.47 Å². The minimum absolute atomic E-state index is 0.0123. The fourth-order valence-corrected chi connectivity index (χ4v) is 6.22. The number of nitrogens with zero attached hydrogens (tertiary/aromatic N) is 1. The van der Waals surface area contributed by atoms with Crippen molar-refractivity contribution in [3.05, 3.63) is 0 Å². The minimum Gasteiger partial charge on any atom is -0.376 e. The van der Waals surface area contributed by atoms with Crippen LogP contribution in [0.2, 0.25) is 0 Å². The van der Waals surface area contributed by atoms with Crippen LogP contribution in [0.25, 0.3) is 0 Å². The van der Waals surface area contributed by atoms with E-state index in [1.807, 2.05) is 34.6 Å². The second kappa shape index (κ2) is 22.3. The summed E-state index contributed by atoms with van der Waals surface area (Å²) in [4.78, 5) is 53.3. The van der Waals surface area contributed by atoms with Gasteiger partial charge in [0.25, 0.3) is 0 Å². The number of carbonyl (C=O) groups excluding carboxylic acids is 4. The van der Waals surface area contributed by atoms with Crippen LogP contribution in [0.3, 0.4) is 0 Å². The van der Waals surface area contributed by atoms with Crippen LogP contribution in [0.5, 0.6) is 0 Å². The molecule has 2 aliphatic carbocycles. The van der Waals surface area contributed by atoms with Crippen molar-refractivity contribution in [1.29, 1.82) is 0 Å². The summed E-state index contributed by atoms with van der Waals surface area (Å²) >= 11 is 0. The van der Waals surface area contributed by atoms with E-state index in [1.54, 1.807) is 4.90 Å². The van der Waals surface area contributed by atoms with Crippen molar-refractivity contribution >= 4 is 23.6 Å². The molecule has 0 aromatic rings. The fourth-order valence-electron chi connectivity index (χ4n) is 6.22. The third kappa shape index (κ3) is 14.3. The molecule has 0 radical (unpaired) electrons. The third-order valence-corrected chi connectivity index (χ3v) is 8.89. The van der Waals surface area contributed by atoms with E-state index in [1.165, 1.54) is 46.6 Å². The molecule has 3 N–H and O–H groups in total. The van der Waals surface area contributed by atoms with Crippen molar-refractivity contribution < 1.29 is 28.7 Å². The summed E-state index contributed by atoms with van der Waals surface area (Å²) < 4.78 is 12.7. The molecule has 5 unspecified atom stereocenters. The highest BCUT2D eigenvalue weighted by Crippen LogP contribution is 2.27. The van der Waals surface area contributed by atoms with Gasteiger partial charge < -0.3 is 30.3 Å². The van der Waals surface area contributed by atoms with Gasteiger partial charge in [-0.25, -0.2) is 0 Å². The van der Waals surface area contributed by atoms with Crippen LogP contribution < -0.4 is 16.0 Å². The average Bonchev–Trinajstić information content (AvgIpc) is 3.03. The standard InChI is InChI=1S/C32H58N4O6.C2H6/c1-7-14-22(2)30(39)35-29(31(40)33-6)32(36(25(5)38)19-26-15-10-8-11-16-26)42-21-28(34-24(4)37)23(3)41-20-27-17-12-9-13-18-27;1-2/h22-23,26-29,32H,7-21H2,1-6H3,(H,33,40)(H,34,37)(H,35,39);1-2H3. The molecule has 256 valence electrons. The summed E-state index contributed by atoms with van der Waals surface area (Å²) in [5.41, 5.74) is 0. The van der Waals surface area contributed by atoms with Crippen LogP contribution in [-0.2, 0) is 28.7 Å². The molecule has 5 atom stereocenters. The van der Waals surface area contributed by atoms with Crippen molar-refractivity contribution in [1.82, 2.24) is 20.9 Å². The Morgan fingerprint density at radius 2 is 1.39 bits per heavy atom. The largest absolute Gasteiger partial charge is 0.376 e. The van der Waals surface area contributed by atoms with Crippen molar-refractivity contribution in [2.75, 3.05) is 26.8 Å². The molecule has 0 aliphatic heterocycles. The lowest BCUT2D eigenvalue weighted by Gasteiger charge is -2.39. The second-order valence-corrected chi connectivity index (χ2v) is 12.5. The summed E-state index contributed by atoms with van der Waals surface area (Å²) in [5.74, 6) is -0.650. The highest BCUT2D eigenvalue weighted by Gasteiger charge is 2.39. The first-order chi connectivity index (χ1) is 21.1. The summed E-state index contributed by atoms with van der Waals surface area (Å²) in [5, 5.41) is 8.50. The fraction of sp³-hybridized carbons (Fsp3) is 0.882. The Balaban J connectivity index is 0.00000474. The normalized spacial score (nSPS) is 19.3. The van der Waals surface area contributed by atoms with E-state index < -0.39 is 24.2 Å². The van der Waals surface area contributed by atoms with Crippen LogP contribution in [0.15, 0.2) is 0 Å². The van der Waals surface area contributed by atoms with E-state index in [9.17, 15) is 19.2 Å². The molecule has 0 spiro atoms. The number of hydrogen-bond donors (Lipinski definition) is 3. The molecule has 0 aromatic heterocycles. The SMILES string of the molecule is CC.CCCC(C)C(=O)NC(C(=O)NC)C(OCC(NC(C)=O)C(C)OCC1CCCCC1)N(CC1CCCCC1)C(C)=O. The Hall–Kier alpha value is -2.20. The molecule has 0 bridgehead atoms. The van der Waals surface area contributed by atoms with Crippen molar-refractivity contribution in [3.63, 3.8) is 0 Å². The minimum atomic E-state index is -1.12. The van der Waals surface area contributed by atoms with Crippen LogP contribution >= 0.6 is 0 Å². The first-order valence-electron chi connectivity index (χ1n) is 17.4. The zero-order chi connectivity index (χ0) is 33.1. The van der Waals surface area contributed by atoms with E-state index in [-0.39, 0.29) is 42.3 Å². The summed E-state index contributed by atoms with van der Waals surface area (Å²) in [6.07, 6.45) is 11.5. The Morgan fingerprint density at radius 1 is 0.818 bits per heavy atom. The number of nitrogens with one attached hydrogen (secondary N) is 3. The average molecular weight is 625 g/mol. The van der Waals surface area contributed by atoms with Crippen LogP contribution in [-0.4, -0.2) is 79.8 Å². The van der Waals surface area contributed by atoms with Gasteiger partial charge in [-0.2, -0.15) is 0 Å². The number of likely N-dealkylation sites (N-methyl/N-ethyl adjacent to an activating group) is 1. The maximum atomic E-state index is 13.3. The molecule has 0 saturated heterocycles. The smallest absolute Gasteiger partial charge is 0.247 e. The lowest BCUT2D eigenvalue weighted by atomic mass is 9.88. The Morgan fingerprint density at radius 3 is 1.89 bits per heavy atom. The van der Waals surface area contributed by atoms with Gasteiger partial charge in [0.1, 0.15) is 0 Å². The Kier molecular flexibility index (Phi) is 20.2.